The van der Waals surface area contributed by atoms with Crippen molar-refractivity contribution in [3.63, 3.8) is 0 Å². The van der Waals surface area contributed by atoms with E-state index < -0.39 is 0 Å². The topological polar surface area (TPSA) is 84.9 Å². The van der Waals surface area contributed by atoms with E-state index >= 15 is 0 Å². The Morgan fingerprint density at radius 1 is 1.33 bits per heavy atom. The van der Waals surface area contributed by atoms with Crippen LogP contribution in [0.4, 0.5) is 0 Å². The number of benzene rings is 1. The number of rotatable bonds is 3. The number of nitrogens with one attached hydrogen (secondary N) is 1. The quantitative estimate of drug-likeness (QED) is 0.657. The lowest BCUT2D eigenvalue weighted by molar-refractivity contribution is 0.459. The van der Waals surface area contributed by atoms with Gasteiger partial charge in [-0.05, 0) is 24.6 Å². The van der Waals surface area contributed by atoms with Gasteiger partial charge >= 0.3 is 0 Å². The second kappa shape index (κ2) is 5.01. The van der Waals surface area contributed by atoms with Crippen molar-refractivity contribution in [1.82, 2.24) is 9.97 Å². The minimum atomic E-state index is -0.207. The molecule has 0 spiro atoms. The second-order valence-electron chi connectivity index (χ2n) is 3.66. The molecule has 0 aliphatic carbocycles. The van der Waals surface area contributed by atoms with Crippen LogP contribution in [0, 0.1) is 12.3 Å². The Kier molecular flexibility index (Phi) is 3.43. The Hall–Kier alpha value is -2.14. The molecule has 1 heterocycles. The van der Waals surface area contributed by atoms with Crippen molar-refractivity contribution in [2.75, 3.05) is 0 Å². The molecule has 18 heavy (non-hydrogen) atoms. The molecule has 0 bridgehead atoms. The number of amidine groups is 1. The summed E-state index contributed by atoms with van der Waals surface area (Å²) in [6.45, 7) is 1.93. The van der Waals surface area contributed by atoms with E-state index in [-0.39, 0.29) is 17.4 Å². The lowest BCUT2D eigenvalue weighted by atomic mass is 10.2. The largest absolute Gasteiger partial charge is 0.435 e. The van der Waals surface area contributed by atoms with Crippen molar-refractivity contribution in [1.29, 1.82) is 5.41 Å². The Labute approximate surface area is 109 Å². The number of nitrogens with two attached hydrogens (primary N) is 1. The molecule has 5 nitrogen and oxygen atoms in total. The van der Waals surface area contributed by atoms with Gasteiger partial charge in [-0.3, -0.25) is 5.41 Å². The molecule has 6 heteroatoms. The highest BCUT2D eigenvalue weighted by atomic mass is 35.5. The number of nitrogen functional groups attached to an aromatic ring is 1. The Morgan fingerprint density at radius 2 is 2.06 bits per heavy atom. The van der Waals surface area contributed by atoms with Crippen molar-refractivity contribution < 1.29 is 4.74 Å². The Balaban J connectivity index is 2.37. The van der Waals surface area contributed by atoms with E-state index in [0.29, 0.717) is 10.8 Å². The maximum Gasteiger partial charge on any atom is 0.249 e. The number of aryl methyl sites for hydroxylation is 1. The van der Waals surface area contributed by atoms with Gasteiger partial charge in [0, 0.05) is 12.4 Å². The fourth-order valence-electron chi connectivity index (χ4n) is 1.38. The highest BCUT2D eigenvalue weighted by Crippen LogP contribution is 2.29. The molecular weight excluding hydrogens is 252 g/mol. The first kappa shape index (κ1) is 12.3. The first-order chi connectivity index (χ1) is 8.58. The monoisotopic (exact) mass is 262 g/mol. The molecular formula is C12H11ClN4O. The maximum absolute atomic E-state index is 7.39. The van der Waals surface area contributed by atoms with Crippen LogP contribution in [0.1, 0.15) is 11.3 Å². The van der Waals surface area contributed by atoms with Crippen molar-refractivity contribution in [2.24, 2.45) is 5.73 Å². The molecule has 3 N–H and O–H groups in total. The average Bonchev–Trinajstić information content (AvgIpc) is 2.33. The van der Waals surface area contributed by atoms with E-state index in [1.807, 2.05) is 13.0 Å². The summed E-state index contributed by atoms with van der Waals surface area (Å²) in [5.41, 5.74) is 6.61. The van der Waals surface area contributed by atoms with Crippen LogP contribution in [0.25, 0.3) is 0 Å². The third-order valence-corrected chi connectivity index (χ3v) is 2.51. The highest BCUT2D eigenvalue weighted by Gasteiger charge is 2.12. The SMILES string of the molecule is Cc1ccc(Oc2nccnc2C(=N)N)c(Cl)c1. The van der Waals surface area contributed by atoms with Crippen LogP contribution >= 0.6 is 11.6 Å². The molecule has 0 saturated carbocycles. The molecule has 0 radical (unpaired) electrons. The molecule has 0 aliphatic heterocycles. The van der Waals surface area contributed by atoms with Gasteiger partial charge < -0.3 is 10.5 Å². The third kappa shape index (κ3) is 2.57. The summed E-state index contributed by atoms with van der Waals surface area (Å²) in [4.78, 5) is 7.94. The van der Waals surface area contributed by atoms with E-state index in [2.05, 4.69) is 9.97 Å². The third-order valence-electron chi connectivity index (χ3n) is 2.21. The van der Waals surface area contributed by atoms with E-state index in [4.69, 9.17) is 27.5 Å². The molecule has 2 aromatic rings. The fourth-order valence-corrected chi connectivity index (χ4v) is 1.65. The van der Waals surface area contributed by atoms with Crippen molar-refractivity contribution in [3.05, 3.63) is 46.9 Å². The van der Waals surface area contributed by atoms with E-state index in [9.17, 15) is 0 Å². The van der Waals surface area contributed by atoms with Crippen molar-refractivity contribution >= 4 is 17.4 Å². The molecule has 0 aliphatic rings. The fraction of sp³-hybridized carbons (Fsp3) is 0.0833. The van der Waals surface area contributed by atoms with Crippen molar-refractivity contribution in [3.8, 4) is 11.6 Å². The zero-order chi connectivity index (χ0) is 13.1. The lowest BCUT2D eigenvalue weighted by Gasteiger charge is -2.09. The smallest absolute Gasteiger partial charge is 0.249 e. The second-order valence-corrected chi connectivity index (χ2v) is 4.07. The molecule has 0 unspecified atom stereocenters. The lowest BCUT2D eigenvalue weighted by Crippen LogP contribution is -2.15. The van der Waals surface area contributed by atoms with Crippen LogP contribution in [-0.4, -0.2) is 15.8 Å². The summed E-state index contributed by atoms with van der Waals surface area (Å²) in [7, 11) is 0. The Bertz CT molecular complexity index is 600. The van der Waals surface area contributed by atoms with Crippen LogP contribution in [-0.2, 0) is 0 Å². The van der Waals surface area contributed by atoms with Crippen LogP contribution in [0.15, 0.2) is 30.6 Å². The Morgan fingerprint density at radius 3 is 2.72 bits per heavy atom. The van der Waals surface area contributed by atoms with E-state index in [1.54, 1.807) is 12.1 Å². The van der Waals surface area contributed by atoms with Crippen LogP contribution < -0.4 is 10.5 Å². The van der Waals surface area contributed by atoms with Gasteiger partial charge in [0.05, 0.1) is 5.02 Å². The normalized spacial score (nSPS) is 10.1. The predicted octanol–water partition coefficient (Wildman–Crippen LogP) is 2.51. The van der Waals surface area contributed by atoms with Crippen LogP contribution in [0.5, 0.6) is 11.6 Å². The average molecular weight is 263 g/mol. The standard InChI is InChI=1S/C12H11ClN4O/c1-7-2-3-9(8(13)6-7)18-12-10(11(14)15)16-4-5-17-12/h2-6H,1H3,(H3,14,15). The number of ether oxygens (including phenoxy) is 1. The number of halogens is 1. The number of hydrogen-bond acceptors (Lipinski definition) is 4. The van der Waals surface area contributed by atoms with Gasteiger partial charge in [-0.1, -0.05) is 17.7 Å². The van der Waals surface area contributed by atoms with Gasteiger partial charge in [-0.15, -0.1) is 0 Å². The molecule has 0 fully saturated rings. The molecule has 0 atom stereocenters. The summed E-state index contributed by atoms with van der Waals surface area (Å²) < 4.78 is 5.53. The summed E-state index contributed by atoms with van der Waals surface area (Å²) >= 11 is 6.05. The van der Waals surface area contributed by atoms with Gasteiger partial charge in [0.25, 0.3) is 0 Å². The van der Waals surface area contributed by atoms with Gasteiger partial charge in [-0.25, -0.2) is 9.97 Å². The molecule has 1 aromatic carbocycles. The zero-order valence-electron chi connectivity index (χ0n) is 9.64. The molecule has 1 aromatic heterocycles. The summed E-state index contributed by atoms with van der Waals surface area (Å²) in [5.74, 6) is 0.405. The van der Waals surface area contributed by atoms with Crippen molar-refractivity contribution in [2.45, 2.75) is 6.92 Å². The van der Waals surface area contributed by atoms with Gasteiger partial charge in [0.1, 0.15) is 11.6 Å². The number of hydrogen-bond donors (Lipinski definition) is 2. The molecule has 0 amide bonds. The summed E-state index contributed by atoms with van der Waals surface area (Å²) in [5, 5.41) is 7.86. The number of nitrogens with zero attached hydrogens (tertiary/aromatic N) is 2. The van der Waals surface area contributed by atoms with Gasteiger partial charge in [-0.2, -0.15) is 0 Å². The molecule has 92 valence electrons. The van der Waals surface area contributed by atoms with Crippen LogP contribution in [0.3, 0.4) is 0 Å². The first-order valence-corrected chi connectivity index (χ1v) is 5.55. The minimum Gasteiger partial charge on any atom is -0.435 e. The minimum absolute atomic E-state index is 0.163. The summed E-state index contributed by atoms with van der Waals surface area (Å²) in [6.07, 6.45) is 2.91. The van der Waals surface area contributed by atoms with E-state index in [0.717, 1.165) is 5.56 Å². The van der Waals surface area contributed by atoms with E-state index in [1.165, 1.54) is 12.4 Å². The summed E-state index contributed by atoms with van der Waals surface area (Å²) in [6, 6.07) is 5.38. The van der Waals surface area contributed by atoms with Crippen LogP contribution in [0.2, 0.25) is 5.02 Å². The van der Waals surface area contributed by atoms with Gasteiger partial charge in [0.15, 0.2) is 5.69 Å². The predicted molar refractivity (Wildman–Crippen MR) is 69.3 cm³/mol. The number of aromatic nitrogens is 2. The molecule has 0 saturated heterocycles. The molecule has 2 rings (SSSR count). The zero-order valence-corrected chi connectivity index (χ0v) is 10.4. The first-order valence-electron chi connectivity index (χ1n) is 5.17. The maximum atomic E-state index is 7.39. The highest BCUT2D eigenvalue weighted by molar-refractivity contribution is 6.32. The van der Waals surface area contributed by atoms with Gasteiger partial charge in [0.2, 0.25) is 5.88 Å².